The van der Waals surface area contributed by atoms with E-state index in [9.17, 15) is 9.36 Å². The van der Waals surface area contributed by atoms with Gasteiger partial charge in [-0.25, -0.2) is 0 Å². The molecule has 3 aromatic rings. The molecule has 7 heteroatoms. The Morgan fingerprint density at radius 3 is 2.32 bits per heavy atom. The largest absolute Gasteiger partial charge is 0.366 e. The van der Waals surface area contributed by atoms with E-state index in [4.69, 9.17) is 20.6 Å². The van der Waals surface area contributed by atoms with Gasteiger partial charge in [0.25, 0.3) is 0 Å². The molecule has 0 radical (unpaired) electrons. The number of aromatic nitrogens is 1. The number of benzene rings is 2. The fraction of sp³-hybridized carbons (Fsp3) is 0.286. The van der Waals surface area contributed by atoms with Crippen molar-refractivity contribution in [1.29, 1.82) is 0 Å². The first-order chi connectivity index (χ1) is 13.4. The van der Waals surface area contributed by atoms with Gasteiger partial charge in [-0.15, -0.1) is 0 Å². The van der Waals surface area contributed by atoms with Crippen molar-refractivity contribution < 1.29 is 13.6 Å². The van der Waals surface area contributed by atoms with E-state index in [2.05, 4.69) is 0 Å². The zero-order valence-electron chi connectivity index (χ0n) is 16.1. The fourth-order valence-corrected chi connectivity index (χ4v) is 5.07. The second-order valence-electron chi connectivity index (χ2n) is 6.33. The van der Waals surface area contributed by atoms with Crippen LogP contribution in [0.25, 0.3) is 10.9 Å². The van der Waals surface area contributed by atoms with E-state index in [1.165, 1.54) is 0 Å². The van der Waals surface area contributed by atoms with E-state index in [0.717, 1.165) is 5.56 Å². The zero-order valence-corrected chi connectivity index (χ0v) is 17.7. The van der Waals surface area contributed by atoms with Gasteiger partial charge >= 0.3 is 7.60 Å². The molecule has 3 rings (SSSR count). The molecule has 0 aliphatic heterocycles. The minimum absolute atomic E-state index is 0.0359. The lowest BCUT2D eigenvalue weighted by Crippen LogP contribution is -2.30. The van der Waals surface area contributed by atoms with Crippen molar-refractivity contribution in [3.8, 4) is 0 Å². The zero-order chi connectivity index (χ0) is 20.3. The van der Waals surface area contributed by atoms with Crippen LogP contribution in [0.4, 0.5) is 0 Å². The van der Waals surface area contributed by atoms with Gasteiger partial charge in [-0.2, -0.15) is 0 Å². The van der Waals surface area contributed by atoms with Gasteiger partial charge in [0.05, 0.1) is 24.8 Å². The topological polar surface area (TPSA) is 57.5 Å². The first-order valence-corrected chi connectivity index (χ1v) is 11.1. The molecule has 2 aromatic carbocycles. The third kappa shape index (κ3) is 3.94. The van der Waals surface area contributed by atoms with Crippen LogP contribution in [0.3, 0.4) is 0 Å². The van der Waals surface area contributed by atoms with Crippen molar-refractivity contribution in [3.63, 3.8) is 0 Å². The molecular formula is C21H23ClNO4P. The molecule has 0 saturated heterocycles. The van der Waals surface area contributed by atoms with Crippen molar-refractivity contribution in [2.75, 3.05) is 13.2 Å². The van der Waals surface area contributed by atoms with Crippen LogP contribution >= 0.6 is 19.2 Å². The van der Waals surface area contributed by atoms with Crippen LogP contribution in [0.1, 0.15) is 32.4 Å². The minimum atomic E-state index is -3.75. The lowest BCUT2D eigenvalue weighted by molar-refractivity contribution is 0.229. The number of hydrogen-bond donors (Lipinski definition) is 0. The third-order valence-electron chi connectivity index (χ3n) is 4.57. The summed E-state index contributed by atoms with van der Waals surface area (Å²) in [6.07, 6.45) is 1.59. The smallest absolute Gasteiger partial charge is 0.339 e. The summed E-state index contributed by atoms with van der Waals surface area (Å²) < 4.78 is 26.2. The van der Waals surface area contributed by atoms with E-state index in [1.807, 2.05) is 41.8 Å². The molecule has 0 saturated carbocycles. The second-order valence-corrected chi connectivity index (χ2v) is 8.76. The quantitative estimate of drug-likeness (QED) is 0.496. The predicted molar refractivity (Wildman–Crippen MR) is 114 cm³/mol. The van der Waals surface area contributed by atoms with Gasteiger partial charge in [0, 0.05) is 16.6 Å². The molecule has 148 valence electrons. The molecule has 28 heavy (non-hydrogen) atoms. The second kappa shape index (κ2) is 8.62. The summed E-state index contributed by atoms with van der Waals surface area (Å²) in [5.74, 6) is 0. The van der Waals surface area contributed by atoms with Crippen LogP contribution in [0.5, 0.6) is 0 Å². The number of hydrogen-bond acceptors (Lipinski definition) is 4. The number of fused-ring (bicyclic) bond motifs is 1. The number of pyridine rings is 1. The summed E-state index contributed by atoms with van der Waals surface area (Å²) >= 11 is 6.20. The molecule has 0 N–H and O–H groups in total. The van der Waals surface area contributed by atoms with Gasteiger partial charge in [-0.3, -0.25) is 9.36 Å². The standard InChI is InChI=1S/C21H23ClNO4P/c1-4-26-28(25,27-5-2)20-14-23(15(3)16-9-7-6-8-10-16)19-13-17(22)11-12-18(19)21(20)24/h6-15H,4-5H2,1-3H3/t15-/m0/s1. The monoisotopic (exact) mass is 419 g/mol. The van der Waals surface area contributed by atoms with Gasteiger partial charge < -0.3 is 13.6 Å². The van der Waals surface area contributed by atoms with Gasteiger partial charge in [-0.1, -0.05) is 41.9 Å². The first kappa shape index (κ1) is 20.8. The van der Waals surface area contributed by atoms with E-state index in [1.54, 1.807) is 38.2 Å². The van der Waals surface area contributed by atoms with Crippen LogP contribution in [0, 0.1) is 0 Å². The Bertz CT molecular complexity index is 1070. The highest BCUT2D eigenvalue weighted by Crippen LogP contribution is 2.46. The molecule has 1 atom stereocenters. The van der Waals surface area contributed by atoms with Crippen molar-refractivity contribution in [3.05, 3.63) is 75.5 Å². The molecule has 1 heterocycles. The molecule has 0 amide bonds. The van der Waals surface area contributed by atoms with E-state index in [0.29, 0.717) is 15.9 Å². The lowest BCUT2D eigenvalue weighted by Gasteiger charge is -2.23. The van der Waals surface area contributed by atoms with Crippen molar-refractivity contribution in [2.45, 2.75) is 26.8 Å². The average molecular weight is 420 g/mol. The summed E-state index contributed by atoms with van der Waals surface area (Å²) in [5.41, 5.74) is 1.34. The molecule has 0 bridgehead atoms. The van der Waals surface area contributed by atoms with Gasteiger partial charge in [0.2, 0.25) is 5.43 Å². The van der Waals surface area contributed by atoms with Gasteiger partial charge in [0.15, 0.2) is 0 Å². The maximum atomic E-state index is 13.4. The molecule has 0 spiro atoms. The maximum Gasteiger partial charge on any atom is 0.366 e. The van der Waals surface area contributed by atoms with E-state index >= 15 is 0 Å². The molecular weight excluding hydrogens is 397 g/mol. The van der Waals surface area contributed by atoms with Gasteiger partial charge in [-0.05, 0) is 44.5 Å². The van der Waals surface area contributed by atoms with Crippen LogP contribution < -0.4 is 10.7 Å². The summed E-state index contributed by atoms with van der Waals surface area (Å²) in [6, 6.07) is 14.8. The Kier molecular flexibility index (Phi) is 6.41. The number of rotatable bonds is 7. The maximum absolute atomic E-state index is 13.4. The summed E-state index contributed by atoms with van der Waals surface area (Å²) in [6.45, 7) is 5.79. The fourth-order valence-electron chi connectivity index (χ4n) is 3.23. The first-order valence-electron chi connectivity index (χ1n) is 9.20. The van der Waals surface area contributed by atoms with Crippen LogP contribution in [-0.2, 0) is 13.6 Å². The molecule has 5 nitrogen and oxygen atoms in total. The minimum Gasteiger partial charge on any atom is -0.339 e. The Morgan fingerprint density at radius 1 is 1.07 bits per heavy atom. The van der Waals surface area contributed by atoms with Crippen LogP contribution in [-0.4, -0.2) is 17.8 Å². The molecule has 0 fully saturated rings. The Hall–Kier alpha value is -1.91. The molecule has 0 unspecified atom stereocenters. The van der Waals surface area contributed by atoms with Crippen molar-refractivity contribution in [2.24, 2.45) is 0 Å². The highest BCUT2D eigenvalue weighted by atomic mass is 35.5. The molecule has 1 aromatic heterocycles. The SMILES string of the molecule is CCOP(=O)(OCC)c1cn([C@@H](C)c2ccccc2)c2cc(Cl)ccc2c1=O. The highest BCUT2D eigenvalue weighted by Gasteiger charge is 2.32. The number of nitrogens with zero attached hydrogens (tertiary/aromatic N) is 1. The normalized spacial score (nSPS) is 13.0. The third-order valence-corrected chi connectivity index (χ3v) is 6.91. The predicted octanol–water partition coefficient (Wildman–Crippen LogP) is 5.16. The molecule has 0 aliphatic rings. The molecule has 0 aliphatic carbocycles. The summed E-state index contributed by atoms with van der Waals surface area (Å²) in [4.78, 5) is 13.2. The Morgan fingerprint density at radius 2 is 1.71 bits per heavy atom. The van der Waals surface area contributed by atoms with Crippen LogP contribution in [0.2, 0.25) is 5.02 Å². The highest BCUT2D eigenvalue weighted by molar-refractivity contribution is 7.62. The lowest BCUT2D eigenvalue weighted by atomic mass is 10.1. The van der Waals surface area contributed by atoms with E-state index < -0.39 is 7.60 Å². The summed E-state index contributed by atoms with van der Waals surface area (Å²) in [5, 5.41) is 0.976. The van der Waals surface area contributed by atoms with E-state index in [-0.39, 0.29) is 30.0 Å². The average Bonchev–Trinajstić information content (AvgIpc) is 2.68. The number of halogens is 1. The van der Waals surface area contributed by atoms with Gasteiger partial charge in [0.1, 0.15) is 5.30 Å². The van der Waals surface area contributed by atoms with Crippen molar-refractivity contribution >= 4 is 35.4 Å². The van der Waals surface area contributed by atoms with Crippen LogP contribution in [0.15, 0.2) is 59.5 Å². The van der Waals surface area contributed by atoms with Crippen molar-refractivity contribution in [1.82, 2.24) is 4.57 Å². The summed E-state index contributed by atoms with van der Waals surface area (Å²) in [7, 11) is -3.75. The Balaban J connectivity index is 2.33. The Labute approximate surface area is 169 Å².